The monoisotopic (exact) mass is 155 g/mol. The van der Waals surface area contributed by atoms with Gasteiger partial charge in [-0.1, -0.05) is 13.2 Å². The fourth-order valence-corrected chi connectivity index (χ4v) is 0.416. The molecule has 10 heavy (non-hydrogen) atoms. The van der Waals surface area contributed by atoms with Crippen molar-refractivity contribution in [1.82, 2.24) is 4.90 Å². The maximum absolute atomic E-state index is 4.00. The molecule has 0 aromatic rings. The van der Waals surface area contributed by atoms with Crippen LogP contribution in [0.5, 0.6) is 0 Å². The fourth-order valence-electron chi connectivity index (χ4n) is 0.341. The summed E-state index contributed by atoms with van der Waals surface area (Å²) in [6.07, 6.45) is 3.68. The SMILES string of the molecule is C=C(S)/C=C\C(=C)N(C)C. The predicted octanol–water partition coefficient (Wildman–Crippen LogP) is 2.06. The molecular weight excluding hydrogens is 142 g/mol. The average Bonchev–Trinajstić information content (AvgIpc) is 1.82. The zero-order valence-electron chi connectivity index (χ0n) is 6.46. The molecule has 0 bridgehead atoms. The molecule has 0 atom stereocenters. The Balaban J connectivity index is 3.90. The Bertz CT molecular complexity index is 168. The molecule has 0 aliphatic heterocycles. The van der Waals surface area contributed by atoms with Crippen molar-refractivity contribution < 1.29 is 0 Å². The first-order valence-corrected chi connectivity index (χ1v) is 3.41. The van der Waals surface area contributed by atoms with E-state index < -0.39 is 0 Å². The second-order valence-electron chi connectivity index (χ2n) is 2.21. The first-order valence-electron chi connectivity index (χ1n) is 2.96. The van der Waals surface area contributed by atoms with Crippen molar-refractivity contribution in [2.75, 3.05) is 14.1 Å². The van der Waals surface area contributed by atoms with Gasteiger partial charge in [-0.3, -0.25) is 0 Å². The Morgan fingerprint density at radius 1 is 1.30 bits per heavy atom. The van der Waals surface area contributed by atoms with Gasteiger partial charge in [-0.15, -0.1) is 12.6 Å². The fraction of sp³-hybridized carbons (Fsp3) is 0.250. The molecule has 2 heteroatoms. The van der Waals surface area contributed by atoms with Crippen LogP contribution >= 0.6 is 12.6 Å². The van der Waals surface area contributed by atoms with Crippen LogP contribution in [0, 0.1) is 0 Å². The van der Waals surface area contributed by atoms with Crippen LogP contribution in [-0.4, -0.2) is 19.0 Å². The molecule has 0 aromatic carbocycles. The van der Waals surface area contributed by atoms with Crippen LogP contribution in [0.4, 0.5) is 0 Å². The zero-order chi connectivity index (χ0) is 8.15. The Labute approximate surface area is 68.1 Å². The topological polar surface area (TPSA) is 3.24 Å². The van der Waals surface area contributed by atoms with Crippen LogP contribution in [0.1, 0.15) is 0 Å². The molecule has 0 saturated carbocycles. The van der Waals surface area contributed by atoms with Crippen LogP contribution in [-0.2, 0) is 0 Å². The number of thiol groups is 1. The first kappa shape index (κ1) is 9.37. The van der Waals surface area contributed by atoms with E-state index in [4.69, 9.17) is 0 Å². The number of likely N-dealkylation sites (N-methyl/N-ethyl adjacent to an activating group) is 1. The molecule has 1 nitrogen and oxygen atoms in total. The molecule has 0 radical (unpaired) electrons. The van der Waals surface area contributed by atoms with Crippen LogP contribution in [0.3, 0.4) is 0 Å². The molecule has 0 amide bonds. The lowest BCUT2D eigenvalue weighted by molar-refractivity contribution is 0.532. The van der Waals surface area contributed by atoms with Crippen LogP contribution in [0.15, 0.2) is 35.9 Å². The molecule has 0 saturated heterocycles. The average molecular weight is 155 g/mol. The summed E-state index contributed by atoms with van der Waals surface area (Å²) >= 11 is 4.00. The molecule has 0 heterocycles. The number of hydrogen-bond donors (Lipinski definition) is 1. The van der Waals surface area contributed by atoms with Gasteiger partial charge >= 0.3 is 0 Å². The van der Waals surface area contributed by atoms with Crippen molar-refractivity contribution in [3.05, 3.63) is 35.9 Å². The van der Waals surface area contributed by atoms with Crippen molar-refractivity contribution in [3.8, 4) is 0 Å². The maximum Gasteiger partial charge on any atom is 0.0288 e. The lowest BCUT2D eigenvalue weighted by Crippen LogP contribution is -2.07. The second kappa shape index (κ2) is 4.23. The Morgan fingerprint density at radius 2 is 1.80 bits per heavy atom. The molecular formula is C8H13NS. The quantitative estimate of drug-likeness (QED) is 0.482. The lowest BCUT2D eigenvalue weighted by atomic mass is 10.4. The molecule has 0 aliphatic carbocycles. The van der Waals surface area contributed by atoms with Gasteiger partial charge in [0.25, 0.3) is 0 Å². The molecule has 0 fully saturated rings. The summed E-state index contributed by atoms with van der Waals surface area (Å²) in [5, 5.41) is 0. The summed E-state index contributed by atoms with van der Waals surface area (Å²) in [5.74, 6) is 0. The minimum atomic E-state index is 0.739. The van der Waals surface area contributed by atoms with Gasteiger partial charge in [0.1, 0.15) is 0 Å². The second-order valence-corrected chi connectivity index (χ2v) is 2.78. The third-order valence-corrected chi connectivity index (χ3v) is 1.19. The lowest BCUT2D eigenvalue weighted by Gasteiger charge is -2.10. The smallest absolute Gasteiger partial charge is 0.0288 e. The van der Waals surface area contributed by atoms with Crippen molar-refractivity contribution >= 4 is 12.6 Å². The highest BCUT2D eigenvalue weighted by Crippen LogP contribution is 2.02. The number of allylic oxidation sites excluding steroid dienone is 2. The van der Waals surface area contributed by atoms with Crippen molar-refractivity contribution in [3.63, 3.8) is 0 Å². The Morgan fingerprint density at radius 3 is 2.10 bits per heavy atom. The van der Waals surface area contributed by atoms with Crippen molar-refractivity contribution in [2.24, 2.45) is 0 Å². The highest BCUT2D eigenvalue weighted by atomic mass is 32.1. The summed E-state index contributed by atoms with van der Waals surface area (Å²) < 4.78 is 0. The van der Waals surface area contributed by atoms with Gasteiger partial charge in [0.15, 0.2) is 0 Å². The van der Waals surface area contributed by atoms with Crippen LogP contribution in [0.2, 0.25) is 0 Å². The van der Waals surface area contributed by atoms with Gasteiger partial charge < -0.3 is 4.90 Å². The van der Waals surface area contributed by atoms with Gasteiger partial charge in [0, 0.05) is 19.8 Å². The highest BCUT2D eigenvalue weighted by molar-refractivity contribution is 7.84. The van der Waals surface area contributed by atoms with Crippen LogP contribution < -0.4 is 0 Å². The third kappa shape index (κ3) is 4.27. The molecule has 0 N–H and O–H groups in total. The summed E-state index contributed by atoms with van der Waals surface area (Å²) in [6.45, 7) is 7.39. The van der Waals surface area contributed by atoms with E-state index in [1.54, 1.807) is 0 Å². The normalized spacial score (nSPS) is 9.90. The molecule has 56 valence electrons. The van der Waals surface area contributed by atoms with E-state index in [2.05, 4.69) is 25.8 Å². The van der Waals surface area contributed by atoms with Gasteiger partial charge in [0.05, 0.1) is 0 Å². The van der Waals surface area contributed by atoms with E-state index >= 15 is 0 Å². The minimum Gasteiger partial charge on any atom is -0.378 e. The zero-order valence-corrected chi connectivity index (χ0v) is 7.36. The summed E-state index contributed by atoms with van der Waals surface area (Å²) in [7, 11) is 3.88. The largest absolute Gasteiger partial charge is 0.378 e. The highest BCUT2D eigenvalue weighted by Gasteiger charge is 1.87. The number of hydrogen-bond acceptors (Lipinski definition) is 2. The first-order chi connectivity index (χ1) is 4.54. The minimum absolute atomic E-state index is 0.739. The van der Waals surface area contributed by atoms with Crippen molar-refractivity contribution in [2.45, 2.75) is 0 Å². The maximum atomic E-state index is 4.00. The molecule has 0 spiro atoms. The van der Waals surface area contributed by atoms with E-state index in [9.17, 15) is 0 Å². The third-order valence-electron chi connectivity index (χ3n) is 1.04. The predicted molar refractivity (Wildman–Crippen MR) is 50.1 cm³/mol. The summed E-state index contributed by atoms with van der Waals surface area (Å²) in [6, 6.07) is 0. The summed E-state index contributed by atoms with van der Waals surface area (Å²) in [5.41, 5.74) is 0.940. The molecule has 0 aromatic heterocycles. The number of nitrogens with zero attached hydrogens (tertiary/aromatic N) is 1. The van der Waals surface area contributed by atoms with Gasteiger partial charge in [0.2, 0.25) is 0 Å². The Kier molecular flexibility index (Phi) is 3.96. The molecule has 0 unspecified atom stereocenters. The van der Waals surface area contributed by atoms with E-state index in [-0.39, 0.29) is 0 Å². The van der Waals surface area contributed by atoms with E-state index in [1.165, 1.54) is 0 Å². The van der Waals surface area contributed by atoms with Crippen LogP contribution in [0.25, 0.3) is 0 Å². The summed E-state index contributed by atoms with van der Waals surface area (Å²) in [4.78, 5) is 2.66. The molecule has 0 aliphatic rings. The van der Waals surface area contributed by atoms with Gasteiger partial charge in [-0.25, -0.2) is 0 Å². The van der Waals surface area contributed by atoms with Gasteiger partial charge in [-0.05, 0) is 17.1 Å². The van der Waals surface area contributed by atoms with E-state index in [0.717, 1.165) is 10.6 Å². The van der Waals surface area contributed by atoms with Crippen molar-refractivity contribution in [1.29, 1.82) is 0 Å². The van der Waals surface area contributed by atoms with Gasteiger partial charge in [-0.2, -0.15) is 0 Å². The standard InChI is InChI=1S/C8H13NS/c1-7(9(3)4)5-6-8(2)10/h5-6,10H,1-2H2,3-4H3/b6-5-. The number of rotatable bonds is 3. The Hall–Kier alpha value is -0.630. The molecule has 0 rings (SSSR count). The van der Waals surface area contributed by atoms with E-state index in [1.807, 2.05) is 31.1 Å². The van der Waals surface area contributed by atoms with E-state index in [0.29, 0.717) is 0 Å².